The molecule has 0 aliphatic heterocycles. The number of hydrogen-bond donors (Lipinski definition) is 1. The number of unbranched alkanes of at least 4 members (excludes halogenated alkanes) is 5. The third kappa shape index (κ3) is 5.63. The number of aryl methyl sites for hydroxylation is 1. The molecule has 0 aromatic heterocycles. The van der Waals surface area contributed by atoms with E-state index in [0.717, 1.165) is 23.5 Å². The first kappa shape index (κ1) is 20.0. The standard InChI is InChI=1S/C26H31NO/c1-2-3-4-5-6-8-11-22-14-16-24(17-15-22)27(23-12-9-7-10-13-23)25-18-20-26(28)21-19-25/h7,9-10,12-21,28H,2-6,8,11H2,1H3. The predicted molar refractivity (Wildman–Crippen MR) is 120 cm³/mol. The third-order valence-corrected chi connectivity index (χ3v) is 5.14. The van der Waals surface area contributed by atoms with Gasteiger partial charge in [-0.3, -0.25) is 0 Å². The lowest BCUT2D eigenvalue weighted by Gasteiger charge is -2.25. The van der Waals surface area contributed by atoms with Gasteiger partial charge < -0.3 is 10.0 Å². The summed E-state index contributed by atoms with van der Waals surface area (Å²) in [6, 6.07) is 26.6. The van der Waals surface area contributed by atoms with Crippen LogP contribution in [0.2, 0.25) is 0 Å². The minimum atomic E-state index is 0.283. The van der Waals surface area contributed by atoms with Crippen LogP contribution in [0, 0.1) is 0 Å². The molecular weight excluding hydrogens is 342 g/mol. The van der Waals surface area contributed by atoms with Crippen molar-refractivity contribution in [2.75, 3.05) is 4.90 Å². The largest absolute Gasteiger partial charge is 0.508 e. The lowest BCUT2D eigenvalue weighted by atomic mass is 10.0. The molecule has 0 aliphatic carbocycles. The molecule has 1 N–H and O–H groups in total. The molecule has 0 saturated heterocycles. The number of nitrogens with zero attached hydrogens (tertiary/aromatic N) is 1. The van der Waals surface area contributed by atoms with Crippen molar-refractivity contribution in [1.82, 2.24) is 0 Å². The smallest absolute Gasteiger partial charge is 0.115 e. The van der Waals surface area contributed by atoms with Gasteiger partial charge in [0.05, 0.1) is 0 Å². The Kier molecular flexibility index (Phi) is 7.54. The van der Waals surface area contributed by atoms with E-state index in [1.54, 1.807) is 12.1 Å². The van der Waals surface area contributed by atoms with Gasteiger partial charge in [0.25, 0.3) is 0 Å². The molecule has 3 rings (SSSR count). The quantitative estimate of drug-likeness (QED) is 0.367. The van der Waals surface area contributed by atoms with Crippen LogP contribution in [0.15, 0.2) is 78.9 Å². The van der Waals surface area contributed by atoms with E-state index in [1.165, 1.54) is 44.1 Å². The summed E-state index contributed by atoms with van der Waals surface area (Å²) >= 11 is 0. The molecule has 3 aromatic carbocycles. The van der Waals surface area contributed by atoms with Gasteiger partial charge in [-0.25, -0.2) is 0 Å². The molecule has 3 aromatic rings. The molecule has 0 saturated carbocycles. The van der Waals surface area contributed by atoms with E-state index in [4.69, 9.17) is 0 Å². The number of phenols is 1. The number of para-hydroxylation sites is 1. The van der Waals surface area contributed by atoms with Crippen molar-refractivity contribution in [3.63, 3.8) is 0 Å². The van der Waals surface area contributed by atoms with Crippen molar-refractivity contribution in [1.29, 1.82) is 0 Å². The number of anilines is 3. The average molecular weight is 374 g/mol. The molecule has 0 spiro atoms. The van der Waals surface area contributed by atoms with E-state index < -0.39 is 0 Å². The second-order valence-corrected chi connectivity index (χ2v) is 7.37. The number of rotatable bonds is 10. The predicted octanol–water partition coefficient (Wildman–Crippen LogP) is 7.77. The Balaban J connectivity index is 1.71. The van der Waals surface area contributed by atoms with Crippen molar-refractivity contribution in [3.05, 3.63) is 84.4 Å². The Morgan fingerprint density at radius 1 is 0.607 bits per heavy atom. The lowest BCUT2D eigenvalue weighted by Crippen LogP contribution is -2.09. The maximum atomic E-state index is 9.65. The Hall–Kier alpha value is -2.74. The van der Waals surface area contributed by atoms with Gasteiger partial charge in [0.15, 0.2) is 0 Å². The molecule has 0 aliphatic rings. The minimum absolute atomic E-state index is 0.283. The normalized spacial score (nSPS) is 10.8. The van der Waals surface area contributed by atoms with Crippen LogP contribution in [0.1, 0.15) is 51.0 Å². The van der Waals surface area contributed by atoms with Crippen molar-refractivity contribution in [2.24, 2.45) is 0 Å². The van der Waals surface area contributed by atoms with Crippen molar-refractivity contribution < 1.29 is 5.11 Å². The summed E-state index contributed by atoms with van der Waals surface area (Å²) in [6.45, 7) is 2.26. The average Bonchev–Trinajstić information content (AvgIpc) is 2.74. The van der Waals surface area contributed by atoms with E-state index in [2.05, 4.69) is 60.4 Å². The van der Waals surface area contributed by atoms with Crippen LogP contribution in [0.5, 0.6) is 5.75 Å². The first-order valence-electron chi connectivity index (χ1n) is 10.5. The van der Waals surface area contributed by atoms with Gasteiger partial charge in [0.2, 0.25) is 0 Å². The van der Waals surface area contributed by atoms with Crippen LogP contribution in [0.25, 0.3) is 0 Å². The molecule has 0 amide bonds. The molecule has 0 atom stereocenters. The summed E-state index contributed by atoms with van der Waals surface area (Å²) in [5, 5.41) is 9.65. The van der Waals surface area contributed by atoms with E-state index in [0.29, 0.717) is 0 Å². The van der Waals surface area contributed by atoms with Crippen molar-refractivity contribution in [2.45, 2.75) is 51.9 Å². The Bertz CT molecular complexity index is 809. The van der Waals surface area contributed by atoms with Crippen LogP contribution in [-0.2, 0) is 6.42 Å². The summed E-state index contributed by atoms with van der Waals surface area (Å²) in [5.74, 6) is 0.283. The van der Waals surface area contributed by atoms with Crippen LogP contribution < -0.4 is 4.90 Å². The van der Waals surface area contributed by atoms with Gasteiger partial charge in [-0.2, -0.15) is 0 Å². The maximum Gasteiger partial charge on any atom is 0.115 e. The van der Waals surface area contributed by atoms with Crippen LogP contribution in [0.3, 0.4) is 0 Å². The third-order valence-electron chi connectivity index (χ3n) is 5.14. The highest BCUT2D eigenvalue weighted by Gasteiger charge is 2.12. The summed E-state index contributed by atoms with van der Waals surface area (Å²) in [7, 11) is 0. The molecule has 0 radical (unpaired) electrons. The fourth-order valence-electron chi connectivity index (χ4n) is 3.55. The lowest BCUT2D eigenvalue weighted by molar-refractivity contribution is 0.475. The highest BCUT2D eigenvalue weighted by molar-refractivity contribution is 5.76. The highest BCUT2D eigenvalue weighted by atomic mass is 16.3. The molecule has 0 unspecified atom stereocenters. The monoisotopic (exact) mass is 373 g/mol. The maximum absolute atomic E-state index is 9.65. The van der Waals surface area contributed by atoms with Crippen LogP contribution in [-0.4, -0.2) is 5.11 Å². The molecule has 28 heavy (non-hydrogen) atoms. The fraction of sp³-hybridized carbons (Fsp3) is 0.308. The van der Waals surface area contributed by atoms with Gasteiger partial charge >= 0.3 is 0 Å². The minimum Gasteiger partial charge on any atom is -0.508 e. The van der Waals surface area contributed by atoms with Crippen LogP contribution >= 0.6 is 0 Å². The zero-order valence-corrected chi connectivity index (χ0v) is 16.8. The summed E-state index contributed by atoms with van der Waals surface area (Å²) < 4.78 is 0. The highest BCUT2D eigenvalue weighted by Crippen LogP contribution is 2.35. The fourth-order valence-corrected chi connectivity index (χ4v) is 3.55. The molecule has 2 heteroatoms. The van der Waals surface area contributed by atoms with Gasteiger partial charge in [0.1, 0.15) is 5.75 Å². The molecule has 2 nitrogen and oxygen atoms in total. The summed E-state index contributed by atoms with van der Waals surface area (Å²) in [5.41, 5.74) is 4.67. The van der Waals surface area contributed by atoms with E-state index in [1.807, 2.05) is 18.2 Å². The zero-order valence-electron chi connectivity index (χ0n) is 16.8. The molecular formula is C26H31NO. The van der Waals surface area contributed by atoms with Crippen molar-refractivity contribution in [3.8, 4) is 5.75 Å². The van der Waals surface area contributed by atoms with E-state index in [-0.39, 0.29) is 5.75 Å². The van der Waals surface area contributed by atoms with Gasteiger partial charge in [-0.1, -0.05) is 69.4 Å². The molecule has 0 heterocycles. The number of aromatic hydroxyl groups is 1. The van der Waals surface area contributed by atoms with Crippen molar-refractivity contribution >= 4 is 17.1 Å². The topological polar surface area (TPSA) is 23.5 Å². The van der Waals surface area contributed by atoms with Gasteiger partial charge in [-0.05, 0) is 66.9 Å². The Morgan fingerprint density at radius 2 is 1.14 bits per heavy atom. The first-order chi connectivity index (χ1) is 13.8. The Labute approximate surface area is 169 Å². The first-order valence-corrected chi connectivity index (χ1v) is 10.5. The SMILES string of the molecule is CCCCCCCCc1ccc(N(c2ccccc2)c2ccc(O)cc2)cc1. The summed E-state index contributed by atoms with van der Waals surface area (Å²) in [4.78, 5) is 2.22. The second kappa shape index (κ2) is 10.6. The number of hydrogen-bond acceptors (Lipinski definition) is 2. The zero-order chi connectivity index (χ0) is 19.6. The van der Waals surface area contributed by atoms with E-state index in [9.17, 15) is 5.11 Å². The molecule has 0 fully saturated rings. The molecule has 0 bridgehead atoms. The van der Waals surface area contributed by atoms with Gasteiger partial charge in [0, 0.05) is 17.1 Å². The number of benzene rings is 3. The molecule has 146 valence electrons. The van der Waals surface area contributed by atoms with Crippen LogP contribution in [0.4, 0.5) is 17.1 Å². The van der Waals surface area contributed by atoms with E-state index >= 15 is 0 Å². The summed E-state index contributed by atoms with van der Waals surface area (Å²) in [6.07, 6.45) is 9.14. The Morgan fingerprint density at radius 3 is 1.79 bits per heavy atom. The second-order valence-electron chi connectivity index (χ2n) is 7.37. The number of phenolic OH excluding ortho intramolecular Hbond substituents is 1. The van der Waals surface area contributed by atoms with Gasteiger partial charge in [-0.15, -0.1) is 0 Å².